The maximum absolute atomic E-state index is 5.84. The lowest BCUT2D eigenvalue weighted by Gasteiger charge is -2.05. The molecule has 1 aromatic rings. The topological polar surface area (TPSA) is 26.0 Å². The quantitative estimate of drug-likeness (QED) is 0.757. The fraction of sp³-hybridized carbons (Fsp3) is 0.429. The molecule has 0 radical (unpaired) electrons. The molecular formula is C7H11NS2. The number of nitrogens with two attached hydrogens (primary N) is 1. The standard InChI is InChI=1S/C7H11NS2/c1-9-5-6(8)7-3-2-4-10-7/h2-4,6H,5,8H2,1H3. The van der Waals surface area contributed by atoms with E-state index in [0.717, 1.165) is 5.75 Å². The molecule has 0 aliphatic rings. The van der Waals surface area contributed by atoms with Gasteiger partial charge in [0.25, 0.3) is 0 Å². The van der Waals surface area contributed by atoms with Crippen molar-refractivity contribution in [2.45, 2.75) is 6.04 Å². The highest BCUT2D eigenvalue weighted by molar-refractivity contribution is 7.98. The van der Waals surface area contributed by atoms with E-state index in [1.165, 1.54) is 4.88 Å². The lowest BCUT2D eigenvalue weighted by molar-refractivity contribution is 0.853. The predicted molar refractivity (Wildman–Crippen MR) is 49.6 cm³/mol. The van der Waals surface area contributed by atoms with Crippen molar-refractivity contribution in [1.29, 1.82) is 0 Å². The van der Waals surface area contributed by atoms with Gasteiger partial charge in [0.1, 0.15) is 0 Å². The first-order chi connectivity index (χ1) is 4.84. The molecule has 0 amide bonds. The van der Waals surface area contributed by atoms with E-state index >= 15 is 0 Å². The van der Waals surface area contributed by atoms with Crippen LogP contribution in [0.3, 0.4) is 0 Å². The van der Waals surface area contributed by atoms with Crippen LogP contribution >= 0.6 is 23.1 Å². The fourth-order valence-electron chi connectivity index (χ4n) is 0.764. The molecule has 1 unspecified atom stereocenters. The molecule has 3 heteroatoms. The summed E-state index contributed by atoms with van der Waals surface area (Å²) >= 11 is 3.52. The maximum Gasteiger partial charge on any atom is 0.0481 e. The summed E-state index contributed by atoms with van der Waals surface area (Å²) in [6.45, 7) is 0. The molecule has 0 aromatic carbocycles. The highest BCUT2D eigenvalue weighted by Crippen LogP contribution is 2.18. The zero-order valence-electron chi connectivity index (χ0n) is 5.91. The van der Waals surface area contributed by atoms with Gasteiger partial charge in [0, 0.05) is 16.7 Å². The molecule has 2 N–H and O–H groups in total. The first kappa shape index (κ1) is 8.11. The fourth-order valence-corrected chi connectivity index (χ4v) is 2.14. The minimum atomic E-state index is 0.231. The van der Waals surface area contributed by atoms with Crippen LogP contribution < -0.4 is 5.73 Å². The van der Waals surface area contributed by atoms with E-state index in [2.05, 4.69) is 17.7 Å². The van der Waals surface area contributed by atoms with Crippen LogP contribution in [-0.4, -0.2) is 12.0 Å². The first-order valence-corrected chi connectivity index (χ1v) is 5.40. The SMILES string of the molecule is CSCC(N)c1cccs1. The largest absolute Gasteiger partial charge is 0.323 e. The van der Waals surface area contributed by atoms with Crippen LogP contribution in [0.5, 0.6) is 0 Å². The molecule has 1 atom stereocenters. The van der Waals surface area contributed by atoms with E-state index in [-0.39, 0.29) is 6.04 Å². The van der Waals surface area contributed by atoms with E-state index in [9.17, 15) is 0 Å². The number of hydrogen-bond acceptors (Lipinski definition) is 3. The van der Waals surface area contributed by atoms with Crippen LogP contribution in [-0.2, 0) is 0 Å². The van der Waals surface area contributed by atoms with Crippen molar-refractivity contribution >= 4 is 23.1 Å². The minimum absolute atomic E-state index is 0.231. The lowest BCUT2D eigenvalue weighted by Crippen LogP contribution is -2.10. The summed E-state index contributed by atoms with van der Waals surface area (Å²) in [6.07, 6.45) is 2.08. The van der Waals surface area contributed by atoms with Crippen LogP contribution in [0.4, 0.5) is 0 Å². The van der Waals surface area contributed by atoms with Gasteiger partial charge in [-0.1, -0.05) is 6.07 Å². The number of rotatable bonds is 3. The van der Waals surface area contributed by atoms with Crippen molar-refractivity contribution in [1.82, 2.24) is 0 Å². The number of thioether (sulfide) groups is 1. The molecule has 0 saturated heterocycles. The average molecular weight is 173 g/mol. The van der Waals surface area contributed by atoms with Gasteiger partial charge in [-0.25, -0.2) is 0 Å². The van der Waals surface area contributed by atoms with Crippen molar-refractivity contribution in [3.8, 4) is 0 Å². The Morgan fingerprint density at radius 1 is 1.80 bits per heavy atom. The molecule has 1 rings (SSSR count). The van der Waals surface area contributed by atoms with Crippen molar-refractivity contribution in [3.05, 3.63) is 22.4 Å². The third kappa shape index (κ3) is 2.01. The smallest absolute Gasteiger partial charge is 0.0481 e. The van der Waals surface area contributed by atoms with Gasteiger partial charge < -0.3 is 5.73 Å². The molecule has 0 spiro atoms. The zero-order valence-corrected chi connectivity index (χ0v) is 7.54. The highest BCUT2D eigenvalue weighted by atomic mass is 32.2. The number of thiophene rings is 1. The number of hydrogen-bond donors (Lipinski definition) is 1. The van der Waals surface area contributed by atoms with Gasteiger partial charge in [0.15, 0.2) is 0 Å². The normalized spacial score (nSPS) is 13.4. The van der Waals surface area contributed by atoms with Crippen LogP contribution in [0.15, 0.2) is 17.5 Å². The molecule has 1 heterocycles. The average Bonchev–Trinajstić information content (AvgIpc) is 2.38. The second-order valence-electron chi connectivity index (χ2n) is 2.08. The third-order valence-corrected chi connectivity index (χ3v) is 2.95. The molecule has 56 valence electrons. The second kappa shape index (κ2) is 4.01. The van der Waals surface area contributed by atoms with Gasteiger partial charge >= 0.3 is 0 Å². The summed E-state index contributed by atoms with van der Waals surface area (Å²) in [5, 5.41) is 2.06. The van der Waals surface area contributed by atoms with Crippen molar-refractivity contribution in [2.75, 3.05) is 12.0 Å². The minimum Gasteiger partial charge on any atom is -0.323 e. The van der Waals surface area contributed by atoms with E-state index < -0.39 is 0 Å². The van der Waals surface area contributed by atoms with Gasteiger partial charge in [-0.05, 0) is 17.7 Å². The van der Waals surface area contributed by atoms with E-state index in [4.69, 9.17) is 5.73 Å². The Balaban J connectivity index is 2.50. The van der Waals surface area contributed by atoms with Crippen LogP contribution in [0.1, 0.15) is 10.9 Å². The summed E-state index contributed by atoms with van der Waals surface area (Å²) in [4.78, 5) is 1.29. The van der Waals surface area contributed by atoms with Gasteiger partial charge in [0.05, 0.1) is 0 Å². The maximum atomic E-state index is 5.84. The zero-order chi connectivity index (χ0) is 7.40. The monoisotopic (exact) mass is 173 g/mol. The Bertz CT molecular complexity index is 172. The van der Waals surface area contributed by atoms with E-state index in [1.807, 2.05) is 6.07 Å². The van der Waals surface area contributed by atoms with Crippen LogP contribution in [0.25, 0.3) is 0 Å². The molecule has 0 bridgehead atoms. The van der Waals surface area contributed by atoms with E-state index in [0.29, 0.717) is 0 Å². The summed E-state index contributed by atoms with van der Waals surface area (Å²) in [5.41, 5.74) is 5.84. The van der Waals surface area contributed by atoms with Gasteiger partial charge in [-0.2, -0.15) is 11.8 Å². The van der Waals surface area contributed by atoms with Crippen LogP contribution in [0.2, 0.25) is 0 Å². The lowest BCUT2D eigenvalue weighted by atomic mass is 10.3. The molecular weight excluding hydrogens is 162 g/mol. The van der Waals surface area contributed by atoms with Gasteiger partial charge in [-0.3, -0.25) is 0 Å². The molecule has 1 nitrogen and oxygen atoms in total. The van der Waals surface area contributed by atoms with E-state index in [1.54, 1.807) is 23.1 Å². The predicted octanol–water partition coefficient (Wildman–Crippen LogP) is 2.11. The van der Waals surface area contributed by atoms with Crippen molar-refractivity contribution < 1.29 is 0 Å². The molecule has 0 fully saturated rings. The van der Waals surface area contributed by atoms with Gasteiger partial charge in [0.2, 0.25) is 0 Å². The summed E-state index contributed by atoms with van der Waals surface area (Å²) in [7, 11) is 0. The molecule has 0 aliphatic heterocycles. The molecule has 0 saturated carbocycles. The molecule has 0 aliphatic carbocycles. The Labute approximate surface area is 69.6 Å². The van der Waals surface area contributed by atoms with Crippen molar-refractivity contribution in [3.63, 3.8) is 0 Å². The third-order valence-electron chi connectivity index (χ3n) is 1.25. The molecule has 1 aromatic heterocycles. The summed E-state index contributed by atoms with van der Waals surface area (Å²) in [5.74, 6) is 1.01. The van der Waals surface area contributed by atoms with Crippen molar-refractivity contribution in [2.24, 2.45) is 5.73 Å². The Hall–Kier alpha value is 0.01000. The Morgan fingerprint density at radius 2 is 2.60 bits per heavy atom. The van der Waals surface area contributed by atoms with Crippen LogP contribution in [0, 0.1) is 0 Å². The molecule has 10 heavy (non-hydrogen) atoms. The summed E-state index contributed by atoms with van der Waals surface area (Å²) in [6, 6.07) is 4.36. The first-order valence-electron chi connectivity index (χ1n) is 3.12. The highest BCUT2D eigenvalue weighted by Gasteiger charge is 2.03. The van der Waals surface area contributed by atoms with Gasteiger partial charge in [-0.15, -0.1) is 11.3 Å². The Kier molecular flexibility index (Phi) is 3.25. The second-order valence-corrected chi connectivity index (χ2v) is 3.97. The summed E-state index contributed by atoms with van der Waals surface area (Å²) < 4.78 is 0. The Morgan fingerprint density at radius 3 is 3.10 bits per heavy atom.